The SMILES string of the molecule is Cc1ccccc1CC(=O)N1CCN(c2oc(-c3ccco3)nc2C#N)CC1. The van der Waals surface area contributed by atoms with Gasteiger partial charge in [-0.3, -0.25) is 4.79 Å². The molecule has 1 aliphatic heterocycles. The van der Waals surface area contributed by atoms with Gasteiger partial charge in [-0.1, -0.05) is 24.3 Å². The number of hydrogen-bond acceptors (Lipinski definition) is 6. The number of furan rings is 1. The number of nitriles is 1. The molecule has 142 valence electrons. The van der Waals surface area contributed by atoms with Crippen LogP contribution in [0.25, 0.3) is 11.7 Å². The van der Waals surface area contributed by atoms with Gasteiger partial charge in [0.25, 0.3) is 5.89 Å². The van der Waals surface area contributed by atoms with Gasteiger partial charge in [-0.2, -0.15) is 10.2 Å². The van der Waals surface area contributed by atoms with Crippen LogP contribution in [0.5, 0.6) is 0 Å². The van der Waals surface area contributed by atoms with Crippen LogP contribution in [0.15, 0.2) is 51.5 Å². The topological polar surface area (TPSA) is 86.5 Å². The van der Waals surface area contributed by atoms with Gasteiger partial charge in [0.2, 0.25) is 17.5 Å². The van der Waals surface area contributed by atoms with Crippen LogP contribution in [-0.4, -0.2) is 42.0 Å². The quantitative estimate of drug-likeness (QED) is 0.696. The number of aryl methyl sites for hydroxylation is 1. The van der Waals surface area contributed by atoms with Crippen molar-refractivity contribution in [3.05, 3.63) is 59.5 Å². The molecule has 4 rings (SSSR count). The van der Waals surface area contributed by atoms with Gasteiger partial charge in [-0.05, 0) is 30.2 Å². The zero-order valence-electron chi connectivity index (χ0n) is 15.6. The molecule has 0 aliphatic carbocycles. The van der Waals surface area contributed by atoms with Gasteiger partial charge in [0.1, 0.15) is 6.07 Å². The summed E-state index contributed by atoms with van der Waals surface area (Å²) in [6.45, 7) is 4.34. The number of aromatic nitrogens is 1. The number of benzene rings is 1. The number of amides is 1. The van der Waals surface area contributed by atoms with Gasteiger partial charge in [-0.25, -0.2) is 0 Å². The minimum Gasteiger partial charge on any atom is -0.459 e. The third-order valence-electron chi connectivity index (χ3n) is 4.97. The molecule has 7 heteroatoms. The summed E-state index contributed by atoms with van der Waals surface area (Å²) >= 11 is 0. The minimum atomic E-state index is 0.114. The molecule has 1 aromatic carbocycles. The van der Waals surface area contributed by atoms with Crippen molar-refractivity contribution in [2.45, 2.75) is 13.3 Å². The van der Waals surface area contributed by atoms with Crippen LogP contribution in [0.3, 0.4) is 0 Å². The maximum absolute atomic E-state index is 12.7. The number of anilines is 1. The van der Waals surface area contributed by atoms with Gasteiger partial charge in [-0.15, -0.1) is 0 Å². The van der Waals surface area contributed by atoms with Crippen molar-refractivity contribution in [2.75, 3.05) is 31.1 Å². The molecule has 0 atom stereocenters. The van der Waals surface area contributed by atoms with Crippen molar-refractivity contribution >= 4 is 11.8 Å². The lowest BCUT2D eigenvalue weighted by atomic mass is 10.1. The highest BCUT2D eigenvalue weighted by atomic mass is 16.4. The maximum Gasteiger partial charge on any atom is 0.266 e. The molecule has 0 radical (unpaired) electrons. The summed E-state index contributed by atoms with van der Waals surface area (Å²) < 4.78 is 11.1. The van der Waals surface area contributed by atoms with Crippen molar-refractivity contribution < 1.29 is 13.6 Å². The van der Waals surface area contributed by atoms with E-state index in [1.54, 1.807) is 12.1 Å². The first-order valence-corrected chi connectivity index (χ1v) is 9.17. The molecule has 1 amide bonds. The number of nitrogens with zero attached hydrogens (tertiary/aromatic N) is 4. The number of carbonyl (C=O) groups is 1. The largest absolute Gasteiger partial charge is 0.459 e. The van der Waals surface area contributed by atoms with E-state index >= 15 is 0 Å². The molecule has 28 heavy (non-hydrogen) atoms. The molecule has 2 aromatic heterocycles. The molecular weight excluding hydrogens is 356 g/mol. The monoisotopic (exact) mass is 376 g/mol. The second-order valence-electron chi connectivity index (χ2n) is 6.73. The Morgan fingerprint density at radius 3 is 2.64 bits per heavy atom. The molecule has 0 unspecified atom stereocenters. The van der Waals surface area contributed by atoms with E-state index in [1.807, 2.05) is 41.0 Å². The summed E-state index contributed by atoms with van der Waals surface area (Å²) in [6.07, 6.45) is 1.94. The number of carbonyl (C=O) groups excluding carboxylic acids is 1. The van der Waals surface area contributed by atoms with E-state index in [2.05, 4.69) is 11.1 Å². The highest BCUT2D eigenvalue weighted by molar-refractivity contribution is 5.79. The molecule has 3 heterocycles. The van der Waals surface area contributed by atoms with E-state index in [4.69, 9.17) is 8.83 Å². The normalized spacial score (nSPS) is 14.1. The Morgan fingerprint density at radius 1 is 1.18 bits per heavy atom. The average molecular weight is 376 g/mol. The van der Waals surface area contributed by atoms with Crippen LogP contribution in [0.2, 0.25) is 0 Å². The maximum atomic E-state index is 12.7. The highest BCUT2D eigenvalue weighted by Gasteiger charge is 2.27. The minimum absolute atomic E-state index is 0.114. The molecule has 1 fully saturated rings. The molecular formula is C21H20N4O3. The molecule has 0 bridgehead atoms. The third-order valence-corrected chi connectivity index (χ3v) is 4.97. The summed E-state index contributed by atoms with van der Waals surface area (Å²) in [5, 5.41) is 9.40. The summed E-state index contributed by atoms with van der Waals surface area (Å²) in [5.41, 5.74) is 2.41. The van der Waals surface area contributed by atoms with E-state index in [1.165, 1.54) is 6.26 Å². The Hall–Kier alpha value is -3.53. The first-order valence-electron chi connectivity index (χ1n) is 9.17. The fourth-order valence-electron chi connectivity index (χ4n) is 3.35. The van der Waals surface area contributed by atoms with Gasteiger partial charge in [0.15, 0.2) is 5.76 Å². The Morgan fingerprint density at radius 2 is 1.96 bits per heavy atom. The highest BCUT2D eigenvalue weighted by Crippen LogP contribution is 2.29. The molecule has 0 saturated carbocycles. The van der Waals surface area contributed by atoms with Crippen LogP contribution >= 0.6 is 0 Å². The molecule has 1 aliphatic rings. The van der Waals surface area contributed by atoms with Gasteiger partial charge >= 0.3 is 0 Å². The second-order valence-corrected chi connectivity index (χ2v) is 6.73. The lowest BCUT2D eigenvalue weighted by Crippen LogP contribution is -2.49. The van der Waals surface area contributed by atoms with Gasteiger partial charge < -0.3 is 18.6 Å². The zero-order valence-corrected chi connectivity index (χ0v) is 15.6. The zero-order chi connectivity index (χ0) is 19.5. The number of oxazole rings is 1. The fourth-order valence-corrected chi connectivity index (χ4v) is 3.35. The van der Waals surface area contributed by atoms with Crippen molar-refractivity contribution in [2.24, 2.45) is 0 Å². The van der Waals surface area contributed by atoms with Crippen LogP contribution < -0.4 is 4.90 Å². The molecule has 0 N–H and O–H groups in total. The number of rotatable bonds is 4. The van der Waals surface area contributed by atoms with Crippen molar-refractivity contribution in [3.63, 3.8) is 0 Å². The van der Waals surface area contributed by atoms with E-state index < -0.39 is 0 Å². The molecule has 1 saturated heterocycles. The Kier molecular flexibility index (Phi) is 4.85. The van der Waals surface area contributed by atoms with Crippen molar-refractivity contribution in [1.82, 2.24) is 9.88 Å². The third kappa shape index (κ3) is 3.49. The van der Waals surface area contributed by atoms with Crippen LogP contribution in [0, 0.1) is 18.3 Å². The van der Waals surface area contributed by atoms with E-state index in [0.29, 0.717) is 44.2 Å². The van der Waals surface area contributed by atoms with E-state index in [9.17, 15) is 10.1 Å². The number of piperazine rings is 1. The standard InChI is InChI=1S/C21H20N4O3/c1-15-5-2-3-6-16(15)13-19(26)24-8-10-25(11-9-24)21-17(14-22)23-20(28-21)18-7-4-12-27-18/h2-7,12H,8-11,13H2,1H3. The predicted octanol–water partition coefficient (Wildman–Crippen LogP) is 3.01. The molecule has 0 spiro atoms. The summed E-state index contributed by atoms with van der Waals surface area (Å²) in [5.74, 6) is 1.31. The predicted molar refractivity (Wildman–Crippen MR) is 103 cm³/mol. The van der Waals surface area contributed by atoms with Crippen LogP contribution in [0.4, 0.5) is 5.88 Å². The summed E-state index contributed by atoms with van der Waals surface area (Å²) in [7, 11) is 0. The Bertz CT molecular complexity index is 1010. The lowest BCUT2D eigenvalue weighted by molar-refractivity contribution is -0.130. The van der Waals surface area contributed by atoms with Gasteiger partial charge in [0.05, 0.1) is 12.7 Å². The number of hydrogen-bond donors (Lipinski definition) is 0. The lowest BCUT2D eigenvalue weighted by Gasteiger charge is -2.34. The van der Waals surface area contributed by atoms with Crippen LogP contribution in [0.1, 0.15) is 16.8 Å². The van der Waals surface area contributed by atoms with Gasteiger partial charge in [0, 0.05) is 26.2 Å². The molecule has 7 nitrogen and oxygen atoms in total. The van der Waals surface area contributed by atoms with Crippen LogP contribution in [-0.2, 0) is 11.2 Å². The fraction of sp³-hybridized carbons (Fsp3) is 0.286. The Balaban J connectivity index is 1.42. The average Bonchev–Trinajstić information content (AvgIpc) is 3.39. The van der Waals surface area contributed by atoms with E-state index in [-0.39, 0.29) is 17.5 Å². The second kappa shape index (κ2) is 7.61. The smallest absolute Gasteiger partial charge is 0.266 e. The molecule has 3 aromatic rings. The van der Waals surface area contributed by atoms with E-state index in [0.717, 1.165) is 11.1 Å². The first kappa shape index (κ1) is 17.9. The van der Waals surface area contributed by atoms with Crippen molar-refractivity contribution in [1.29, 1.82) is 5.26 Å². The van der Waals surface area contributed by atoms with Crippen molar-refractivity contribution in [3.8, 4) is 17.7 Å². The summed E-state index contributed by atoms with van der Waals surface area (Å²) in [6, 6.07) is 13.5. The Labute approximate surface area is 162 Å². The first-order chi connectivity index (χ1) is 13.7. The summed E-state index contributed by atoms with van der Waals surface area (Å²) in [4.78, 5) is 20.7.